The summed E-state index contributed by atoms with van der Waals surface area (Å²) in [7, 11) is 0. The molecule has 0 atom stereocenters. The van der Waals surface area contributed by atoms with Crippen molar-refractivity contribution in [3.63, 3.8) is 0 Å². The number of carbonyl (C=O) groups excluding carboxylic acids is 1. The molecule has 0 spiro atoms. The largest absolute Gasteiger partial charge is 0.416 e. The second-order valence-electron chi connectivity index (χ2n) is 5.95. The van der Waals surface area contributed by atoms with Gasteiger partial charge in [0, 0.05) is 18.4 Å². The molecule has 2 rings (SSSR count). The molecule has 0 aliphatic rings. The zero-order valence-corrected chi connectivity index (χ0v) is 14.1. The minimum absolute atomic E-state index is 0.0237. The molecule has 1 aromatic heterocycles. The van der Waals surface area contributed by atoms with Crippen LogP contribution < -0.4 is 11.1 Å². The highest BCUT2D eigenvalue weighted by Crippen LogP contribution is 2.32. The number of aromatic nitrogens is 2. The van der Waals surface area contributed by atoms with E-state index in [9.17, 15) is 18.0 Å². The SMILES string of the molecule is Cc1ncc(C(=O)Nc2cc(CN)cc(C(F)(F)F)c2)c(C(C)C)n1. The lowest BCUT2D eigenvalue weighted by Crippen LogP contribution is -2.18. The summed E-state index contributed by atoms with van der Waals surface area (Å²) in [5.74, 6) is -0.0840. The van der Waals surface area contributed by atoms with E-state index in [0.29, 0.717) is 11.5 Å². The first kappa shape index (κ1) is 18.9. The number of amides is 1. The fraction of sp³-hybridized carbons (Fsp3) is 0.353. The molecule has 0 aliphatic heterocycles. The van der Waals surface area contributed by atoms with Gasteiger partial charge in [-0.3, -0.25) is 4.79 Å². The summed E-state index contributed by atoms with van der Waals surface area (Å²) < 4.78 is 39.0. The number of benzene rings is 1. The van der Waals surface area contributed by atoms with E-state index < -0.39 is 17.6 Å². The quantitative estimate of drug-likeness (QED) is 0.880. The van der Waals surface area contributed by atoms with Crippen LogP contribution >= 0.6 is 0 Å². The zero-order valence-electron chi connectivity index (χ0n) is 14.1. The molecule has 3 N–H and O–H groups in total. The summed E-state index contributed by atoms with van der Waals surface area (Å²) in [6.45, 7) is 5.37. The van der Waals surface area contributed by atoms with Crippen LogP contribution in [0.15, 0.2) is 24.4 Å². The predicted molar refractivity (Wildman–Crippen MR) is 88.1 cm³/mol. The van der Waals surface area contributed by atoms with Crippen molar-refractivity contribution in [2.45, 2.75) is 39.4 Å². The first-order valence-electron chi connectivity index (χ1n) is 7.68. The highest BCUT2D eigenvalue weighted by molar-refractivity contribution is 6.05. The molecule has 1 aromatic carbocycles. The number of nitrogens with one attached hydrogen (secondary N) is 1. The van der Waals surface area contributed by atoms with Gasteiger partial charge in [-0.15, -0.1) is 0 Å². The first-order chi connectivity index (χ1) is 11.6. The number of rotatable bonds is 4. The smallest absolute Gasteiger partial charge is 0.326 e. The van der Waals surface area contributed by atoms with E-state index in [0.717, 1.165) is 12.1 Å². The maximum atomic E-state index is 13.0. The van der Waals surface area contributed by atoms with Crippen LogP contribution in [0.25, 0.3) is 0 Å². The first-order valence-corrected chi connectivity index (χ1v) is 7.68. The van der Waals surface area contributed by atoms with Crippen molar-refractivity contribution in [3.05, 3.63) is 52.6 Å². The van der Waals surface area contributed by atoms with Crippen molar-refractivity contribution < 1.29 is 18.0 Å². The number of hydrogen-bond donors (Lipinski definition) is 2. The summed E-state index contributed by atoms with van der Waals surface area (Å²) >= 11 is 0. The molecule has 0 fully saturated rings. The summed E-state index contributed by atoms with van der Waals surface area (Å²) in [6.07, 6.45) is -3.15. The molecule has 25 heavy (non-hydrogen) atoms. The third-order valence-corrected chi connectivity index (χ3v) is 3.54. The maximum absolute atomic E-state index is 13.0. The van der Waals surface area contributed by atoms with Crippen LogP contribution in [0, 0.1) is 6.92 Å². The number of alkyl halides is 3. The van der Waals surface area contributed by atoms with Crippen molar-refractivity contribution in [1.29, 1.82) is 0 Å². The molecule has 0 bridgehead atoms. The van der Waals surface area contributed by atoms with Gasteiger partial charge in [0.05, 0.1) is 16.8 Å². The Morgan fingerprint density at radius 3 is 2.52 bits per heavy atom. The molecule has 0 saturated carbocycles. The number of nitrogens with zero attached hydrogens (tertiary/aromatic N) is 2. The minimum atomic E-state index is -4.53. The Morgan fingerprint density at radius 1 is 1.28 bits per heavy atom. The number of nitrogens with two attached hydrogens (primary N) is 1. The van der Waals surface area contributed by atoms with Gasteiger partial charge in [-0.1, -0.05) is 13.8 Å². The van der Waals surface area contributed by atoms with Crippen LogP contribution in [0.4, 0.5) is 18.9 Å². The normalized spacial score (nSPS) is 11.7. The fourth-order valence-corrected chi connectivity index (χ4v) is 2.35. The molecule has 1 heterocycles. The summed E-state index contributed by atoms with van der Waals surface area (Å²) in [5.41, 5.74) is 5.65. The Morgan fingerprint density at radius 2 is 1.96 bits per heavy atom. The van der Waals surface area contributed by atoms with Gasteiger partial charge in [0.1, 0.15) is 5.82 Å². The summed E-state index contributed by atoms with van der Waals surface area (Å²) in [4.78, 5) is 20.8. The number of halogens is 3. The van der Waals surface area contributed by atoms with Gasteiger partial charge in [-0.05, 0) is 36.6 Å². The molecular weight excluding hydrogens is 333 g/mol. The fourth-order valence-electron chi connectivity index (χ4n) is 2.35. The Labute approximate surface area is 143 Å². The molecule has 1 amide bonds. The summed E-state index contributed by atoms with van der Waals surface area (Å²) in [6, 6.07) is 3.25. The monoisotopic (exact) mass is 352 g/mol. The number of hydrogen-bond acceptors (Lipinski definition) is 4. The lowest BCUT2D eigenvalue weighted by Gasteiger charge is -2.14. The molecular formula is C17H19F3N4O. The van der Waals surface area contributed by atoms with E-state index in [2.05, 4.69) is 15.3 Å². The van der Waals surface area contributed by atoms with E-state index in [1.807, 2.05) is 13.8 Å². The zero-order chi connectivity index (χ0) is 18.8. The van der Waals surface area contributed by atoms with Gasteiger partial charge >= 0.3 is 6.18 Å². The van der Waals surface area contributed by atoms with Crippen molar-refractivity contribution in [2.24, 2.45) is 5.73 Å². The summed E-state index contributed by atoms with van der Waals surface area (Å²) in [5, 5.41) is 2.49. The van der Waals surface area contributed by atoms with Crippen molar-refractivity contribution in [2.75, 3.05) is 5.32 Å². The van der Waals surface area contributed by atoms with Gasteiger partial charge < -0.3 is 11.1 Å². The van der Waals surface area contributed by atoms with E-state index in [-0.39, 0.29) is 29.3 Å². The molecule has 0 unspecified atom stereocenters. The highest BCUT2D eigenvalue weighted by Gasteiger charge is 2.31. The van der Waals surface area contributed by atoms with Crippen molar-refractivity contribution in [3.8, 4) is 0 Å². The lowest BCUT2D eigenvalue weighted by atomic mass is 10.0. The lowest BCUT2D eigenvalue weighted by molar-refractivity contribution is -0.137. The van der Waals surface area contributed by atoms with Crippen LogP contribution in [0.1, 0.15) is 52.8 Å². The highest BCUT2D eigenvalue weighted by atomic mass is 19.4. The molecule has 5 nitrogen and oxygen atoms in total. The van der Waals surface area contributed by atoms with Crippen LogP contribution in [0.2, 0.25) is 0 Å². The van der Waals surface area contributed by atoms with Crippen LogP contribution in [-0.4, -0.2) is 15.9 Å². The number of aryl methyl sites for hydroxylation is 1. The molecule has 134 valence electrons. The van der Waals surface area contributed by atoms with E-state index in [1.54, 1.807) is 6.92 Å². The van der Waals surface area contributed by atoms with Gasteiger partial charge in [0.15, 0.2) is 0 Å². The van der Waals surface area contributed by atoms with Crippen LogP contribution in [-0.2, 0) is 12.7 Å². The number of anilines is 1. The molecule has 0 radical (unpaired) electrons. The average Bonchev–Trinajstić information content (AvgIpc) is 2.53. The number of carbonyl (C=O) groups is 1. The minimum Gasteiger partial charge on any atom is -0.326 e. The van der Waals surface area contributed by atoms with Gasteiger partial charge in [0.2, 0.25) is 0 Å². The van der Waals surface area contributed by atoms with E-state index in [1.165, 1.54) is 12.3 Å². The van der Waals surface area contributed by atoms with Crippen LogP contribution in [0.3, 0.4) is 0 Å². The Balaban J connectivity index is 2.38. The second-order valence-corrected chi connectivity index (χ2v) is 5.95. The van der Waals surface area contributed by atoms with Crippen molar-refractivity contribution in [1.82, 2.24) is 9.97 Å². The third-order valence-electron chi connectivity index (χ3n) is 3.54. The molecule has 2 aromatic rings. The van der Waals surface area contributed by atoms with Gasteiger partial charge in [-0.2, -0.15) is 13.2 Å². The van der Waals surface area contributed by atoms with Crippen LogP contribution in [0.5, 0.6) is 0 Å². The average molecular weight is 352 g/mol. The van der Waals surface area contributed by atoms with Crippen molar-refractivity contribution >= 4 is 11.6 Å². The Hall–Kier alpha value is -2.48. The molecule has 8 heteroatoms. The topological polar surface area (TPSA) is 80.9 Å². The standard InChI is InChI=1S/C17H19F3N4O/c1-9(2)15-14(8-22-10(3)23-15)16(25)24-13-5-11(7-21)4-12(6-13)17(18,19)20/h4-6,8-9H,7,21H2,1-3H3,(H,24,25). The van der Waals surface area contributed by atoms with Gasteiger partial charge in [-0.25, -0.2) is 9.97 Å². The Bertz CT molecular complexity index is 788. The molecule has 0 aliphatic carbocycles. The van der Waals surface area contributed by atoms with E-state index >= 15 is 0 Å². The second kappa shape index (κ2) is 7.18. The van der Waals surface area contributed by atoms with Gasteiger partial charge in [0.25, 0.3) is 5.91 Å². The molecule has 0 saturated heterocycles. The predicted octanol–water partition coefficient (Wildman–Crippen LogP) is 3.64. The van der Waals surface area contributed by atoms with E-state index in [4.69, 9.17) is 5.73 Å². The maximum Gasteiger partial charge on any atom is 0.416 e. The third kappa shape index (κ3) is 4.54. The Kier molecular flexibility index (Phi) is 5.42.